The lowest BCUT2D eigenvalue weighted by atomic mass is 10.0. The van der Waals surface area contributed by atoms with Crippen molar-refractivity contribution in [2.45, 2.75) is 49.8 Å². The Morgan fingerprint density at radius 2 is 2.10 bits per heavy atom. The third-order valence-electron chi connectivity index (χ3n) is 4.08. The molecule has 1 saturated carbocycles. The van der Waals surface area contributed by atoms with Gasteiger partial charge in [0.1, 0.15) is 0 Å². The fourth-order valence-corrected chi connectivity index (χ4v) is 5.30. The number of rotatable bonds is 6. The van der Waals surface area contributed by atoms with E-state index in [1.165, 1.54) is 41.8 Å². The van der Waals surface area contributed by atoms with Crippen molar-refractivity contribution in [2.24, 2.45) is 5.84 Å². The third kappa shape index (κ3) is 4.19. The van der Waals surface area contributed by atoms with Gasteiger partial charge >= 0.3 is 0 Å². The van der Waals surface area contributed by atoms with Gasteiger partial charge in [0.2, 0.25) is 0 Å². The number of fused-ring (bicyclic) bond motifs is 1. The van der Waals surface area contributed by atoms with E-state index >= 15 is 0 Å². The molecular formula is C16H23N3S2. The first-order valence-electron chi connectivity index (χ1n) is 7.77. The van der Waals surface area contributed by atoms with Crippen LogP contribution in [0.25, 0.3) is 10.2 Å². The van der Waals surface area contributed by atoms with Crippen molar-refractivity contribution in [3.05, 3.63) is 29.3 Å². The Hall–Kier alpha value is -0.620. The fourth-order valence-electron chi connectivity index (χ4n) is 2.87. The summed E-state index contributed by atoms with van der Waals surface area (Å²) in [5.74, 6) is 6.82. The fraction of sp³-hybridized carbons (Fsp3) is 0.562. The zero-order valence-corrected chi connectivity index (χ0v) is 13.9. The normalized spacial score (nSPS) is 18.1. The van der Waals surface area contributed by atoms with Crippen LogP contribution in [0.15, 0.2) is 24.3 Å². The molecule has 0 spiro atoms. The Balaban J connectivity index is 1.55. The molecule has 1 atom stereocenters. The molecule has 5 heteroatoms. The molecule has 114 valence electrons. The molecule has 1 aromatic heterocycles. The van der Waals surface area contributed by atoms with Crippen molar-refractivity contribution in [1.82, 2.24) is 10.4 Å². The molecule has 0 radical (unpaired) electrons. The summed E-state index contributed by atoms with van der Waals surface area (Å²) in [6.45, 7) is 0. The third-order valence-corrected chi connectivity index (χ3v) is 6.68. The minimum Gasteiger partial charge on any atom is -0.271 e. The van der Waals surface area contributed by atoms with Crippen molar-refractivity contribution in [3.63, 3.8) is 0 Å². The molecule has 1 aliphatic carbocycles. The van der Waals surface area contributed by atoms with Gasteiger partial charge in [0.15, 0.2) is 0 Å². The van der Waals surface area contributed by atoms with Crippen LogP contribution in [0.5, 0.6) is 0 Å². The number of benzene rings is 1. The Morgan fingerprint density at radius 1 is 1.29 bits per heavy atom. The van der Waals surface area contributed by atoms with Gasteiger partial charge in [-0.2, -0.15) is 11.8 Å². The summed E-state index contributed by atoms with van der Waals surface area (Å²) < 4.78 is 1.27. The molecule has 1 unspecified atom stereocenters. The summed E-state index contributed by atoms with van der Waals surface area (Å²) in [5, 5.41) is 2.02. The quantitative estimate of drug-likeness (QED) is 0.628. The monoisotopic (exact) mass is 321 g/mol. The largest absolute Gasteiger partial charge is 0.271 e. The second kappa shape index (κ2) is 7.58. The van der Waals surface area contributed by atoms with Crippen LogP contribution >= 0.6 is 23.1 Å². The van der Waals surface area contributed by atoms with Crippen LogP contribution in [0, 0.1) is 0 Å². The van der Waals surface area contributed by atoms with Gasteiger partial charge in [-0.15, -0.1) is 11.3 Å². The lowest BCUT2D eigenvalue weighted by molar-refractivity contribution is 0.513. The van der Waals surface area contributed by atoms with Crippen molar-refractivity contribution in [1.29, 1.82) is 0 Å². The van der Waals surface area contributed by atoms with E-state index in [9.17, 15) is 0 Å². The van der Waals surface area contributed by atoms with E-state index < -0.39 is 0 Å². The Labute approximate surface area is 134 Å². The van der Waals surface area contributed by atoms with E-state index in [1.807, 2.05) is 6.07 Å². The molecule has 0 bridgehead atoms. The van der Waals surface area contributed by atoms with Gasteiger partial charge in [0.25, 0.3) is 0 Å². The van der Waals surface area contributed by atoms with Gasteiger partial charge in [-0.25, -0.2) is 4.98 Å². The van der Waals surface area contributed by atoms with Crippen LogP contribution in [0.3, 0.4) is 0 Å². The SMILES string of the molecule is NNC(CSC1CCCCC1)Cc1nc2ccccc2s1. The molecule has 21 heavy (non-hydrogen) atoms. The topological polar surface area (TPSA) is 50.9 Å². The number of hydrogen-bond donors (Lipinski definition) is 2. The Bertz CT molecular complexity index is 530. The number of para-hydroxylation sites is 1. The second-order valence-corrected chi connectivity index (χ2v) is 8.18. The van der Waals surface area contributed by atoms with Gasteiger partial charge < -0.3 is 0 Å². The predicted octanol–water partition coefficient (Wildman–Crippen LogP) is 3.74. The Kier molecular flexibility index (Phi) is 5.52. The smallest absolute Gasteiger partial charge is 0.0954 e. The zero-order valence-electron chi connectivity index (χ0n) is 12.3. The van der Waals surface area contributed by atoms with Crippen LogP contribution in [-0.4, -0.2) is 22.0 Å². The summed E-state index contributed by atoms with van der Waals surface area (Å²) in [6.07, 6.45) is 7.90. The summed E-state index contributed by atoms with van der Waals surface area (Å²) in [6, 6.07) is 8.65. The number of thioether (sulfide) groups is 1. The van der Waals surface area contributed by atoms with E-state index in [1.54, 1.807) is 11.3 Å². The molecule has 3 nitrogen and oxygen atoms in total. The van der Waals surface area contributed by atoms with Gasteiger partial charge in [-0.05, 0) is 25.0 Å². The zero-order chi connectivity index (χ0) is 14.5. The molecule has 0 aliphatic heterocycles. The number of nitrogens with one attached hydrogen (secondary N) is 1. The van der Waals surface area contributed by atoms with Crippen LogP contribution in [0.1, 0.15) is 37.1 Å². The minimum absolute atomic E-state index is 0.317. The first-order valence-corrected chi connectivity index (χ1v) is 9.64. The lowest BCUT2D eigenvalue weighted by Gasteiger charge is -2.23. The van der Waals surface area contributed by atoms with Gasteiger partial charge in [0, 0.05) is 23.5 Å². The summed E-state index contributed by atoms with van der Waals surface area (Å²) in [7, 11) is 0. The van der Waals surface area contributed by atoms with Crippen LogP contribution in [0.4, 0.5) is 0 Å². The van der Waals surface area contributed by atoms with E-state index in [0.29, 0.717) is 6.04 Å². The maximum Gasteiger partial charge on any atom is 0.0954 e. The van der Waals surface area contributed by atoms with Crippen molar-refractivity contribution < 1.29 is 0 Å². The summed E-state index contributed by atoms with van der Waals surface area (Å²) >= 11 is 3.88. The Morgan fingerprint density at radius 3 is 2.86 bits per heavy atom. The maximum atomic E-state index is 5.74. The molecule has 3 N–H and O–H groups in total. The highest BCUT2D eigenvalue weighted by Gasteiger charge is 2.17. The number of hydrogen-bond acceptors (Lipinski definition) is 5. The summed E-state index contributed by atoms with van der Waals surface area (Å²) in [5.41, 5.74) is 4.09. The van der Waals surface area contributed by atoms with Gasteiger partial charge in [-0.3, -0.25) is 11.3 Å². The highest BCUT2D eigenvalue weighted by molar-refractivity contribution is 7.99. The summed E-state index contributed by atoms with van der Waals surface area (Å²) in [4.78, 5) is 4.71. The second-order valence-electron chi connectivity index (χ2n) is 5.74. The number of thiazole rings is 1. The van der Waals surface area contributed by atoms with Crippen LogP contribution < -0.4 is 11.3 Å². The van der Waals surface area contributed by atoms with E-state index in [-0.39, 0.29) is 0 Å². The number of nitrogens with two attached hydrogens (primary N) is 1. The highest BCUT2D eigenvalue weighted by atomic mass is 32.2. The van der Waals surface area contributed by atoms with E-state index in [0.717, 1.165) is 22.9 Å². The molecule has 0 saturated heterocycles. The molecular weight excluding hydrogens is 298 g/mol. The molecule has 3 rings (SSSR count). The van der Waals surface area contributed by atoms with Crippen LogP contribution in [0.2, 0.25) is 0 Å². The standard InChI is InChI=1S/C16H23N3S2/c17-19-12(11-20-13-6-2-1-3-7-13)10-16-18-14-8-4-5-9-15(14)21-16/h4-5,8-9,12-13,19H,1-3,6-7,10-11,17H2. The van der Waals surface area contributed by atoms with E-state index in [2.05, 4.69) is 35.4 Å². The number of hydrazine groups is 1. The van der Waals surface area contributed by atoms with Crippen molar-refractivity contribution >= 4 is 33.3 Å². The minimum atomic E-state index is 0.317. The van der Waals surface area contributed by atoms with Gasteiger partial charge in [-0.1, -0.05) is 31.4 Å². The molecule has 0 amide bonds. The van der Waals surface area contributed by atoms with Crippen molar-refractivity contribution in [3.8, 4) is 0 Å². The molecule has 1 heterocycles. The lowest BCUT2D eigenvalue weighted by Crippen LogP contribution is -2.39. The average Bonchev–Trinajstić information content (AvgIpc) is 2.94. The predicted molar refractivity (Wildman–Crippen MR) is 93.8 cm³/mol. The van der Waals surface area contributed by atoms with Gasteiger partial charge in [0.05, 0.1) is 15.2 Å². The average molecular weight is 322 g/mol. The molecule has 1 fully saturated rings. The number of nitrogens with zero attached hydrogens (tertiary/aromatic N) is 1. The molecule has 2 aromatic rings. The maximum absolute atomic E-state index is 5.74. The van der Waals surface area contributed by atoms with Crippen molar-refractivity contribution in [2.75, 3.05) is 5.75 Å². The van der Waals surface area contributed by atoms with Crippen LogP contribution in [-0.2, 0) is 6.42 Å². The highest BCUT2D eigenvalue weighted by Crippen LogP contribution is 2.29. The number of aromatic nitrogens is 1. The van der Waals surface area contributed by atoms with E-state index in [4.69, 9.17) is 10.8 Å². The first kappa shape index (κ1) is 15.3. The molecule has 1 aliphatic rings. The first-order chi connectivity index (χ1) is 10.3. The molecule has 1 aromatic carbocycles.